The van der Waals surface area contributed by atoms with Crippen molar-refractivity contribution in [3.8, 4) is 0 Å². The molecule has 2 rings (SSSR count). The van der Waals surface area contributed by atoms with Gasteiger partial charge in [-0.1, -0.05) is 0 Å². The van der Waals surface area contributed by atoms with E-state index in [1.807, 2.05) is 13.8 Å². The van der Waals surface area contributed by atoms with Gasteiger partial charge < -0.3 is 20.0 Å². The quantitative estimate of drug-likeness (QED) is 0.794. The van der Waals surface area contributed by atoms with Gasteiger partial charge in [-0.3, -0.25) is 14.4 Å². The van der Waals surface area contributed by atoms with E-state index in [4.69, 9.17) is 5.11 Å². The van der Waals surface area contributed by atoms with Crippen molar-refractivity contribution >= 4 is 17.8 Å². The lowest BCUT2D eigenvalue weighted by molar-refractivity contribution is -0.159. The van der Waals surface area contributed by atoms with E-state index in [2.05, 4.69) is 0 Å². The predicted octanol–water partition coefficient (Wildman–Crippen LogP) is 0.852. The Morgan fingerprint density at radius 1 is 1.12 bits per heavy atom. The molecule has 1 spiro atoms. The summed E-state index contributed by atoms with van der Waals surface area (Å²) in [4.78, 5) is 38.1. The largest absolute Gasteiger partial charge is 0.481 e. The number of aliphatic hydroxyl groups is 1. The molecule has 2 amide bonds. The lowest BCUT2D eigenvalue weighted by Gasteiger charge is -2.55. The molecular formula is C17H28N2O5. The van der Waals surface area contributed by atoms with Crippen LogP contribution in [0.1, 0.15) is 52.9 Å². The molecule has 0 unspecified atom stereocenters. The maximum atomic E-state index is 12.1. The molecule has 2 aliphatic heterocycles. The Hall–Kier alpha value is -1.63. The Balaban J connectivity index is 2.01. The minimum Gasteiger partial charge on any atom is -0.481 e. The van der Waals surface area contributed by atoms with Gasteiger partial charge in [-0.05, 0) is 38.5 Å². The van der Waals surface area contributed by atoms with Crippen LogP contribution in [0.3, 0.4) is 0 Å². The molecule has 0 radical (unpaired) electrons. The molecule has 2 heterocycles. The van der Waals surface area contributed by atoms with Crippen LogP contribution in [0.15, 0.2) is 0 Å². The SMILES string of the molecule is CC(=O)N1CC2(CCN(C(=O)CCC(=O)O)CC2)C[C@H](O)C1(C)C. The van der Waals surface area contributed by atoms with E-state index in [0.717, 1.165) is 12.8 Å². The van der Waals surface area contributed by atoms with Crippen molar-refractivity contribution in [1.29, 1.82) is 0 Å². The number of nitrogens with zero attached hydrogens (tertiary/aromatic N) is 2. The first-order valence-electron chi connectivity index (χ1n) is 8.53. The van der Waals surface area contributed by atoms with Crippen LogP contribution < -0.4 is 0 Å². The van der Waals surface area contributed by atoms with Crippen LogP contribution in [0.5, 0.6) is 0 Å². The summed E-state index contributed by atoms with van der Waals surface area (Å²) in [5.41, 5.74) is -0.740. The van der Waals surface area contributed by atoms with E-state index in [9.17, 15) is 19.5 Å². The molecule has 0 aromatic heterocycles. The Morgan fingerprint density at radius 2 is 1.71 bits per heavy atom. The predicted molar refractivity (Wildman–Crippen MR) is 87.2 cm³/mol. The van der Waals surface area contributed by atoms with Gasteiger partial charge in [-0.2, -0.15) is 0 Å². The van der Waals surface area contributed by atoms with Crippen LogP contribution in [0.25, 0.3) is 0 Å². The molecule has 7 heteroatoms. The molecule has 0 saturated carbocycles. The third-order valence-electron chi connectivity index (χ3n) is 5.74. The number of carboxylic acids is 1. The van der Waals surface area contributed by atoms with Crippen LogP contribution in [-0.2, 0) is 14.4 Å². The molecule has 0 aliphatic carbocycles. The topological polar surface area (TPSA) is 98.2 Å². The molecule has 0 aromatic rings. The van der Waals surface area contributed by atoms with Gasteiger partial charge in [0.15, 0.2) is 0 Å². The fraction of sp³-hybridized carbons (Fsp3) is 0.824. The van der Waals surface area contributed by atoms with Crippen molar-refractivity contribution in [1.82, 2.24) is 9.80 Å². The highest BCUT2D eigenvalue weighted by atomic mass is 16.4. The molecule has 2 saturated heterocycles. The summed E-state index contributed by atoms with van der Waals surface area (Å²) in [5, 5.41) is 19.2. The molecule has 2 aliphatic rings. The van der Waals surface area contributed by atoms with Crippen molar-refractivity contribution in [2.45, 2.75) is 64.5 Å². The Morgan fingerprint density at radius 3 is 2.21 bits per heavy atom. The van der Waals surface area contributed by atoms with Gasteiger partial charge >= 0.3 is 5.97 Å². The molecule has 136 valence electrons. The zero-order chi connectivity index (χ0) is 18.1. The number of carbonyl (C=O) groups excluding carboxylic acids is 2. The summed E-state index contributed by atoms with van der Waals surface area (Å²) in [6, 6.07) is 0. The average molecular weight is 340 g/mol. The molecule has 24 heavy (non-hydrogen) atoms. The Bertz CT molecular complexity index is 523. The minimum atomic E-state index is -0.966. The monoisotopic (exact) mass is 340 g/mol. The highest BCUT2D eigenvalue weighted by Crippen LogP contribution is 2.45. The number of piperidine rings is 2. The first kappa shape index (κ1) is 18.7. The highest BCUT2D eigenvalue weighted by molar-refractivity contribution is 5.80. The van der Waals surface area contributed by atoms with E-state index in [1.54, 1.807) is 9.80 Å². The maximum Gasteiger partial charge on any atom is 0.303 e. The fourth-order valence-electron chi connectivity index (χ4n) is 3.93. The molecule has 2 fully saturated rings. The first-order valence-corrected chi connectivity index (χ1v) is 8.53. The van der Waals surface area contributed by atoms with Crippen molar-refractivity contribution in [3.05, 3.63) is 0 Å². The van der Waals surface area contributed by atoms with Crippen LogP contribution in [0.4, 0.5) is 0 Å². The maximum absolute atomic E-state index is 12.1. The van der Waals surface area contributed by atoms with Crippen molar-refractivity contribution in [3.63, 3.8) is 0 Å². The van der Waals surface area contributed by atoms with Crippen molar-refractivity contribution in [2.24, 2.45) is 5.41 Å². The summed E-state index contributed by atoms with van der Waals surface area (Å²) < 4.78 is 0. The second-order valence-electron chi connectivity index (χ2n) is 7.75. The van der Waals surface area contributed by atoms with Crippen molar-refractivity contribution in [2.75, 3.05) is 19.6 Å². The number of aliphatic hydroxyl groups excluding tert-OH is 1. The molecule has 1 atom stereocenters. The summed E-state index contributed by atoms with van der Waals surface area (Å²) in [7, 11) is 0. The third kappa shape index (κ3) is 3.71. The second kappa shape index (κ2) is 6.70. The smallest absolute Gasteiger partial charge is 0.303 e. The van der Waals surface area contributed by atoms with E-state index in [-0.39, 0.29) is 30.1 Å². The van der Waals surface area contributed by atoms with Gasteiger partial charge in [-0.15, -0.1) is 0 Å². The lowest BCUT2D eigenvalue weighted by atomic mass is 9.67. The molecule has 7 nitrogen and oxygen atoms in total. The van der Waals surface area contributed by atoms with E-state index >= 15 is 0 Å². The van der Waals surface area contributed by atoms with E-state index < -0.39 is 17.6 Å². The van der Waals surface area contributed by atoms with Gasteiger partial charge in [0.05, 0.1) is 18.1 Å². The molecular weight excluding hydrogens is 312 g/mol. The Kier molecular flexibility index (Phi) is 5.22. The third-order valence-corrected chi connectivity index (χ3v) is 5.74. The average Bonchev–Trinajstić information content (AvgIpc) is 2.49. The number of amides is 2. The molecule has 2 N–H and O–H groups in total. The summed E-state index contributed by atoms with van der Waals surface area (Å²) in [5.74, 6) is -1.14. The van der Waals surface area contributed by atoms with Crippen LogP contribution in [0, 0.1) is 5.41 Å². The zero-order valence-corrected chi connectivity index (χ0v) is 14.7. The Labute approximate surface area is 142 Å². The number of aliphatic carboxylic acids is 1. The van der Waals surface area contributed by atoms with E-state index in [1.165, 1.54) is 6.92 Å². The normalized spacial score (nSPS) is 25.6. The number of carbonyl (C=O) groups is 3. The number of hydrogen-bond donors (Lipinski definition) is 2. The second-order valence-corrected chi connectivity index (χ2v) is 7.75. The molecule has 0 aromatic carbocycles. The van der Waals surface area contributed by atoms with Gasteiger partial charge in [0, 0.05) is 33.0 Å². The number of likely N-dealkylation sites (tertiary alicyclic amines) is 2. The van der Waals surface area contributed by atoms with Crippen LogP contribution >= 0.6 is 0 Å². The highest BCUT2D eigenvalue weighted by Gasteiger charge is 2.50. The van der Waals surface area contributed by atoms with Crippen LogP contribution in [0.2, 0.25) is 0 Å². The van der Waals surface area contributed by atoms with Gasteiger partial charge in [-0.25, -0.2) is 0 Å². The zero-order valence-electron chi connectivity index (χ0n) is 14.7. The van der Waals surface area contributed by atoms with Gasteiger partial charge in [0.1, 0.15) is 0 Å². The van der Waals surface area contributed by atoms with Gasteiger partial charge in [0.2, 0.25) is 11.8 Å². The summed E-state index contributed by atoms with van der Waals surface area (Å²) in [6.45, 7) is 7.00. The standard InChI is InChI=1S/C17H28N2O5/c1-12(20)19-11-17(10-13(21)16(19,2)3)6-8-18(9-7-17)14(22)4-5-15(23)24/h13,21H,4-11H2,1-3H3,(H,23,24)/t13-/m0/s1. The summed E-state index contributed by atoms with van der Waals surface area (Å²) >= 11 is 0. The number of hydrogen-bond acceptors (Lipinski definition) is 4. The first-order chi connectivity index (χ1) is 11.1. The lowest BCUT2D eigenvalue weighted by Crippen LogP contribution is -2.64. The fourth-order valence-corrected chi connectivity index (χ4v) is 3.93. The minimum absolute atomic E-state index is 0.0254. The van der Waals surface area contributed by atoms with E-state index in [0.29, 0.717) is 26.1 Å². The molecule has 0 bridgehead atoms. The number of carboxylic acid groups (broad SMARTS) is 1. The van der Waals surface area contributed by atoms with Crippen LogP contribution in [-0.4, -0.2) is 69.1 Å². The summed E-state index contributed by atoms with van der Waals surface area (Å²) in [6.07, 6.45) is 1.36. The van der Waals surface area contributed by atoms with Crippen molar-refractivity contribution < 1.29 is 24.6 Å². The number of rotatable bonds is 3. The van der Waals surface area contributed by atoms with Gasteiger partial charge in [0.25, 0.3) is 0 Å².